The van der Waals surface area contributed by atoms with E-state index in [4.69, 9.17) is 9.47 Å². The Kier molecular flexibility index (Phi) is 9.09. The van der Waals surface area contributed by atoms with Crippen molar-refractivity contribution in [2.45, 2.75) is 73.3 Å². The van der Waals surface area contributed by atoms with Crippen LogP contribution < -0.4 is 15.1 Å². The van der Waals surface area contributed by atoms with Gasteiger partial charge in [-0.25, -0.2) is 9.67 Å². The molecule has 0 unspecified atom stereocenters. The Morgan fingerprint density at radius 3 is 2.37 bits per heavy atom. The van der Waals surface area contributed by atoms with Gasteiger partial charge in [0.25, 0.3) is 0 Å². The number of hydrogen-bond donors (Lipinski definition) is 1. The maximum absolute atomic E-state index is 13.6. The molecule has 2 aromatic heterocycles. The second-order valence-electron chi connectivity index (χ2n) is 10.2. The van der Waals surface area contributed by atoms with Crippen LogP contribution in [0, 0.1) is 13.8 Å². The third-order valence-corrected chi connectivity index (χ3v) is 6.36. The van der Waals surface area contributed by atoms with Crippen LogP contribution in [-0.2, 0) is 12.0 Å². The fraction of sp³-hybridized carbons (Fsp3) is 0.536. The molecule has 1 N–H and O–H groups in total. The summed E-state index contributed by atoms with van der Waals surface area (Å²) in [4.78, 5) is 30.9. The number of carbonyl (C=O) groups is 2. The second-order valence-corrected chi connectivity index (χ2v) is 10.2. The molecule has 38 heavy (non-hydrogen) atoms. The monoisotopic (exact) mass is 525 g/mol. The van der Waals surface area contributed by atoms with Crippen molar-refractivity contribution in [1.82, 2.24) is 19.4 Å². The van der Waals surface area contributed by atoms with Gasteiger partial charge >= 0.3 is 0 Å². The number of aryl methyl sites for hydroxylation is 1. The minimum atomic E-state index is -0.335. The van der Waals surface area contributed by atoms with Gasteiger partial charge in [-0.15, -0.1) is 5.10 Å². The van der Waals surface area contributed by atoms with E-state index in [1.807, 2.05) is 54.5 Å². The third-order valence-electron chi connectivity index (χ3n) is 6.36. The number of ketones is 2. The average molecular weight is 526 g/mol. The maximum atomic E-state index is 13.6. The highest BCUT2D eigenvalue weighted by molar-refractivity contribution is 5.97. The fourth-order valence-corrected chi connectivity index (χ4v) is 4.28. The number of methoxy groups -OCH3 is 1. The third kappa shape index (κ3) is 5.80. The summed E-state index contributed by atoms with van der Waals surface area (Å²) in [6.07, 6.45) is 1.13. The Balaban J connectivity index is 2.15. The van der Waals surface area contributed by atoms with Crippen LogP contribution >= 0.6 is 0 Å². The van der Waals surface area contributed by atoms with Gasteiger partial charge in [-0.1, -0.05) is 27.7 Å². The first-order valence-corrected chi connectivity index (χ1v) is 13.0. The standard InChI is InChI=1S/C28H39N5O5/c1-9-11-21(35)24-17(3)18(4)26-31-32(27(29-10-2)33(26)30-24)16-22(36)19-14-20(28(5,6)7)25(37-8)23(15-19)38-13-12-34/h14-15,34H,9-13,16H2,1-8H3. The molecule has 3 rings (SSSR count). The van der Waals surface area contributed by atoms with Gasteiger partial charge < -0.3 is 14.6 Å². The minimum Gasteiger partial charge on any atom is -0.493 e. The Hall–Kier alpha value is -3.53. The number of carbonyl (C=O) groups excluding carboxylic acids is 2. The highest BCUT2D eigenvalue weighted by Gasteiger charge is 2.26. The number of aliphatic hydroxyl groups is 1. The first-order valence-electron chi connectivity index (χ1n) is 13.0. The van der Waals surface area contributed by atoms with Crippen LogP contribution in [0.5, 0.6) is 11.5 Å². The molecule has 10 heteroatoms. The van der Waals surface area contributed by atoms with Crippen LogP contribution in [0.15, 0.2) is 17.1 Å². The zero-order valence-electron chi connectivity index (χ0n) is 23.7. The van der Waals surface area contributed by atoms with E-state index < -0.39 is 0 Å². The smallest absolute Gasteiger partial charge is 0.245 e. The Bertz CT molecular complexity index is 1410. The molecule has 0 fully saturated rings. The van der Waals surface area contributed by atoms with E-state index in [-0.39, 0.29) is 36.7 Å². The molecule has 10 nitrogen and oxygen atoms in total. The Morgan fingerprint density at radius 1 is 1.08 bits per heavy atom. The number of aliphatic hydroxyl groups excluding tert-OH is 1. The largest absolute Gasteiger partial charge is 0.493 e. The lowest BCUT2D eigenvalue weighted by molar-refractivity contribution is 0.0959. The molecular weight excluding hydrogens is 486 g/mol. The maximum Gasteiger partial charge on any atom is 0.245 e. The number of benzene rings is 1. The van der Waals surface area contributed by atoms with Crippen LogP contribution in [0.4, 0.5) is 0 Å². The molecule has 0 aliphatic carbocycles. The second kappa shape index (κ2) is 11.9. The van der Waals surface area contributed by atoms with Crippen LogP contribution in [0.3, 0.4) is 0 Å². The van der Waals surface area contributed by atoms with Gasteiger partial charge in [0.05, 0.1) is 13.7 Å². The Morgan fingerprint density at radius 2 is 1.79 bits per heavy atom. The molecular formula is C28H39N5O5. The molecule has 0 atom stereocenters. The normalized spacial score (nSPS) is 12.3. The summed E-state index contributed by atoms with van der Waals surface area (Å²) in [6, 6.07) is 3.45. The lowest BCUT2D eigenvalue weighted by atomic mass is 9.84. The van der Waals surface area contributed by atoms with Gasteiger partial charge in [-0.3, -0.25) is 9.59 Å². The predicted octanol–water partition coefficient (Wildman–Crippen LogP) is 3.61. The van der Waals surface area contributed by atoms with Crippen LogP contribution in [0.25, 0.3) is 5.65 Å². The molecule has 0 amide bonds. The van der Waals surface area contributed by atoms with E-state index in [0.29, 0.717) is 47.0 Å². The first kappa shape index (κ1) is 29.0. The van der Waals surface area contributed by atoms with Gasteiger partial charge in [-0.2, -0.15) is 9.61 Å². The summed E-state index contributed by atoms with van der Waals surface area (Å²) in [6.45, 7) is 13.9. The summed E-state index contributed by atoms with van der Waals surface area (Å²) >= 11 is 0. The molecule has 0 saturated heterocycles. The van der Waals surface area contributed by atoms with E-state index in [9.17, 15) is 14.7 Å². The fourth-order valence-electron chi connectivity index (χ4n) is 4.28. The molecule has 0 aliphatic heterocycles. The highest BCUT2D eigenvalue weighted by Crippen LogP contribution is 2.40. The van der Waals surface area contributed by atoms with Gasteiger partial charge in [0, 0.05) is 29.7 Å². The van der Waals surface area contributed by atoms with Crippen molar-refractivity contribution in [2.75, 3.05) is 26.9 Å². The average Bonchev–Trinajstić information content (AvgIpc) is 3.20. The van der Waals surface area contributed by atoms with E-state index in [0.717, 1.165) is 23.1 Å². The van der Waals surface area contributed by atoms with Crippen molar-refractivity contribution in [2.24, 2.45) is 4.99 Å². The van der Waals surface area contributed by atoms with Crippen molar-refractivity contribution < 1.29 is 24.2 Å². The number of aromatic nitrogens is 4. The molecule has 0 saturated carbocycles. The SMILES string of the molecule is CCCC(=O)c1nn2c(=NCC)n(CC(=O)c3cc(OCCO)c(OC)c(C(C)(C)C)c3)nc2c(C)c1C. The predicted molar refractivity (Wildman–Crippen MR) is 144 cm³/mol. The molecule has 2 heterocycles. The molecule has 206 valence electrons. The minimum absolute atomic E-state index is 0.0304. The van der Waals surface area contributed by atoms with Crippen LogP contribution in [0.1, 0.15) is 85.0 Å². The summed E-state index contributed by atoms with van der Waals surface area (Å²) in [7, 11) is 1.56. The quantitative estimate of drug-likeness (QED) is 0.380. The molecule has 3 aromatic rings. The number of fused-ring (bicyclic) bond motifs is 1. The zero-order chi connectivity index (χ0) is 28.2. The van der Waals surface area contributed by atoms with Crippen LogP contribution in [-0.4, -0.2) is 62.9 Å². The van der Waals surface area contributed by atoms with Crippen molar-refractivity contribution >= 4 is 17.2 Å². The number of nitrogens with zero attached hydrogens (tertiary/aromatic N) is 5. The molecule has 0 spiro atoms. The summed E-state index contributed by atoms with van der Waals surface area (Å²) < 4.78 is 14.5. The van der Waals surface area contributed by atoms with Crippen molar-refractivity contribution in [3.63, 3.8) is 0 Å². The van der Waals surface area contributed by atoms with Gasteiger partial charge in [0.15, 0.2) is 28.7 Å². The summed E-state index contributed by atoms with van der Waals surface area (Å²) in [5, 5.41) is 18.6. The number of Topliss-reactive ketones (excluding diaryl/α,β-unsaturated/α-hetero) is 2. The van der Waals surface area contributed by atoms with Crippen molar-refractivity contribution in [3.8, 4) is 11.5 Å². The summed E-state index contributed by atoms with van der Waals surface area (Å²) in [5.41, 5.74) is 3.84. The first-order chi connectivity index (χ1) is 18.0. The number of hydrogen-bond acceptors (Lipinski definition) is 8. The van der Waals surface area contributed by atoms with Gasteiger partial charge in [0.1, 0.15) is 18.8 Å². The van der Waals surface area contributed by atoms with Crippen LogP contribution in [0.2, 0.25) is 0 Å². The zero-order valence-corrected chi connectivity index (χ0v) is 23.7. The van der Waals surface area contributed by atoms with Gasteiger partial charge in [-0.05, 0) is 50.3 Å². The van der Waals surface area contributed by atoms with Gasteiger partial charge in [0.2, 0.25) is 5.62 Å². The van der Waals surface area contributed by atoms with Crippen molar-refractivity contribution in [3.05, 3.63) is 45.7 Å². The van der Waals surface area contributed by atoms with E-state index >= 15 is 0 Å². The molecule has 0 aliphatic rings. The topological polar surface area (TPSA) is 120 Å². The van der Waals surface area contributed by atoms with E-state index in [1.54, 1.807) is 17.7 Å². The molecule has 0 bridgehead atoms. The molecule has 1 aromatic carbocycles. The lowest BCUT2D eigenvalue weighted by Crippen LogP contribution is -2.29. The Labute approximate surface area is 223 Å². The number of ether oxygens (including phenoxy) is 2. The summed E-state index contributed by atoms with van der Waals surface area (Å²) in [5.74, 6) is 0.689. The number of rotatable bonds is 11. The molecule has 0 radical (unpaired) electrons. The highest BCUT2D eigenvalue weighted by atomic mass is 16.5. The van der Waals surface area contributed by atoms with E-state index in [1.165, 1.54) is 4.68 Å². The van der Waals surface area contributed by atoms with Crippen molar-refractivity contribution in [1.29, 1.82) is 0 Å². The van der Waals surface area contributed by atoms with E-state index in [2.05, 4.69) is 15.2 Å². The lowest BCUT2D eigenvalue weighted by Gasteiger charge is -2.25.